The fourth-order valence-electron chi connectivity index (χ4n) is 0.182. The Labute approximate surface area is 71.0 Å². The summed E-state index contributed by atoms with van der Waals surface area (Å²) >= 11 is 15.0. The van der Waals surface area contributed by atoms with Crippen LogP contribution < -0.4 is 5.32 Å². The molecule has 0 heterocycles. The van der Waals surface area contributed by atoms with Crippen LogP contribution in [0.25, 0.3) is 0 Å². The number of amides is 1. The van der Waals surface area contributed by atoms with Gasteiger partial charge in [-0.3, -0.25) is 4.79 Å². The molecule has 58 valence electrons. The van der Waals surface area contributed by atoms with Gasteiger partial charge in [0.25, 0.3) is 3.92 Å². The second-order valence-corrected chi connectivity index (χ2v) is 3.54. The molecule has 0 fully saturated rings. The Balaban J connectivity index is 3.93. The van der Waals surface area contributed by atoms with Crippen molar-refractivity contribution in [3.05, 3.63) is 0 Å². The van der Waals surface area contributed by atoms with E-state index in [4.69, 9.17) is 39.9 Å². The zero-order valence-corrected chi connectivity index (χ0v) is 6.67. The molecule has 4 nitrogen and oxygen atoms in total. The lowest BCUT2D eigenvalue weighted by Crippen LogP contribution is -2.39. The highest BCUT2D eigenvalue weighted by Crippen LogP contribution is 2.21. The van der Waals surface area contributed by atoms with Crippen molar-refractivity contribution >= 4 is 46.7 Å². The van der Waals surface area contributed by atoms with Gasteiger partial charge >= 0.3 is 11.9 Å². The van der Waals surface area contributed by atoms with Crippen molar-refractivity contribution in [1.82, 2.24) is 5.32 Å². The SMILES string of the molecule is O=C(O)C(=O)NC(Cl)(Cl)Cl. The van der Waals surface area contributed by atoms with Gasteiger partial charge in [0, 0.05) is 0 Å². The number of hydrogen-bond donors (Lipinski definition) is 2. The van der Waals surface area contributed by atoms with E-state index in [0.29, 0.717) is 0 Å². The summed E-state index contributed by atoms with van der Waals surface area (Å²) in [4.78, 5) is 20.0. The molecule has 0 aromatic rings. The molecule has 0 saturated carbocycles. The Hall–Kier alpha value is -0.190. The number of carbonyl (C=O) groups excluding carboxylic acids is 1. The van der Waals surface area contributed by atoms with E-state index in [9.17, 15) is 9.59 Å². The second kappa shape index (κ2) is 3.27. The number of halogens is 3. The minimum Gasteiger partial charge on any atom is -0.474 e. The van der Waals surface area contributed by atoms with Crippen molar-refractivity contribution in [2.24, 2.45) is 0 Å². The molecule has 0 bridgehead atoms. The second-order valence-electron chi connectivity index (χ2n) is 1.26. The van der Waals surface area contributed by atoms with Gasteiger partial charge in [0.05, 0.1) is 0 Å². The first-order valence-electron chi connectivity index (χ1n) is 1.95. The summed E-state index contributed by atoms with van der Waals surface area (Å²) in [6.07, 6.45) is 0. The first kappa shape index (κ1) is 9.81. The quantitative estimate of drug-likeness (QED) is 0.345. The number of nitrogens with one attached hydrogen (secondary N) is 1. The maximum absolute atomic E-state index is 10.2. The number of hydrogen-bond acceptors (Lipinski definition) is 2. The van der Waals surface area contributed by atoms with Gasteiger partial charge in [-0.2, -0.15) is 0 Å². The average molecular weight is 206 g/mol. The molecule has 2 N–H and O–H groups in total. The topological polar surface area (TPSA) is 66.4 Å². The van der Waals surface area contributed by atoms with Crippen LogP contribution in [0, 0.1) is 0 Å². The van der Waals surface area contributed by atoms with Gasteiger partial charge < -0.3 is 10.4 Å². The molecule has 0 aliphatic rings. The predicted octanol–water partition coefficient (Wildman–Crippen LogP) is 0.515. The first-order valence-corrected chi connectivity index (χ1v) is 3.08. The Bertz CT molecular complexity index is 163. The fourth-order valence-corrected chi connectivity index (χ4v) is 0.440. The van der Waals surface area contributed by atoms with E-state index in [-0.39, 0.29) is 0 Å². The number of aliphatic carboxylic acids is 1. The summed E-state index contributed by atoms with van der Waals surface area (Å²) in [6.45, 7) is 0. The van der Waals surface area contributed by atoms with E-state index < -0.39 is 15.8 Å². The Morgan fingerprint density at radius 1 is 1.30 bits per heavy atom. The third-order valence-corrected chi connectivity index (χ3v) is 0.733. The van der Waals surface area contributed by atoms with E-state index in [1.54, 1.807) is 5.32 Å². The van der Waals surface area contributed by atoms with Crippen LogP contribution in [0.2, 0.25) is 0 Å². The lowest BCUT2D eigenvalue weighted by Gasteiger charge is -2.09. The molecule has 0 unspecified atom stereocenters. The van der Waals surface area contributed by atoms with E-state index in [0.717, 1.165) is 0 Å². The maximum atomic E-state index is 10.2. The zero-order chi connectivity index (χ0) is 8.36. The van der Waals surface area contributed by atoms with Crippen LogP contribution >= 0.6 is 34.8 Å². The van der Waals surface area contributed by atoms with Gasteiger partial charge in [0.1, 0.15) is 0 Å². The summed E-state index contributed by atoms with van der Waals surface area (Å²) < 4.78 is -2.06. The Morgan fingerprint density at radius 2 is 1.70 bits per heavy atom. The largest absolute Gasteiger partial charge is 0.474 e. The van der Waals surface area contributed by atoms with Crippen LogP contribution in [-0.2, 0) is 9.59 Å². The van der Waals surface area contributed by atoms with Crippen LogP contribution in [0.4, 0.5) is 0 Å². The normalized spacial score (nSPS) is 10.7. The molecule has 10 heavy (non-hydrogen) atoms. The van der Waals surface area contributed by atoms with Crippen LogP contribution in [-0.4, -0.2) is 20.9 Å². The summed E-state index contributed by atoms with van der Waals surface area (Å²) in [6, 6.07) is 0. The molecule has 0 aliphatic carbocycles. The maximum Gasteiger partial charge on any atom is 0.394 e. The van der Waals surface area contributed by atoms with Crippen molar-refractivity contribution in [3.8, 4) is 0 Å². The minimum atomic E-state index is -2.06. The Kier molecular flexibility index (Phi) is 3.21. The molecule has 1 amide bonds. The molecule has 0 radical (unpaired) electrons. The molecular weight excluding hydrogens is 204 g/mol. The van der Waals surface area contributed by atoms with Crippen LogP contribution in [0.5, 0.6) is 0 Å². The van der Waals surface area contributed by atoms with E-state index in [2.05, 4.69) is 0 Å². The first-order chi connectivity index (χ1) is 4.33. The molecule has 0 spiro atoms. The molecule has 0 aromatic carbocycles. The lowest BCUT2D eigenvalue weighted by molar-refractivity contribution is -0.150. The van der Waals surface area contributed by atoms with Crippen molar-refractivity contribution in [2.45, 2.75) is 3.92 Å². The lowest BCUT2D eigenvalue weighted by atomic mass is 10.6. The highest BCUT2D eigenvalue weighted by molar-refractivity contribution is 6.68. The summed E-state index contributed by atoms with van der Waals surface area (Å²) in [5, 5.41) is 9.53. The van der Waals surface area contributed by atoms with Crippen molar-refractivity contribution in [1.29, 1.82) is 0 Å². The summed E-state index contributed by atoms with van der Waals surface area (Å²) in [7, 11) is 0. The number of alkyl halides is 3. The third-order valence-electron chi connectivity index (χ3n) is 0.450. The monoisotopic (exact) mass is 205 g/mol. The van der Waals surface area contributed by atoms with Crippen molar-refractivity contribution in [3.63, 3.8) is 0 Å². The van der Waals surface area contributed by atoms with Crippen molar-refractivity contribution in [2.75, 3.05) is 0 Å². The van der Waals surface area contributed by atoms with Gasteiger partial charge in [-0.15, -0.1) is 0 Å². The highest BCUT2D eigenvalue weighted by atomic mass is 35.6. The van der Waals surface area contributed by atoms with E-state index >= 15 is 0 Å². The number of carboxylic acids is 1. The molecule has 0 rings (SSSR count). The fraction of sp³-hybridized carbons (Fsp3) is 0.333. The molecule has 0 aromatic heterocycles. The smallest absolute Gasteiger partial charge is 0.394 e. The number of carbonyl (C=O) groups is 2. The van der Waals surface area contributed by atoms with Crippen LogP contribution in [0.3, 0.4) is 0 Å². The summed E-state index contributed by atoms with van der Waals surface area (Å²) in [5.41, 5.74) is 0. The minimum absolute atomic E-state index is 1.36. The van der Waals surface area contributed by atoms with Crippen LogP contribution in [0.1, 0.15) is 0 Å². The molecule has 0 atom stereocenters. The zero-order valence-electron chi connectivity index (χ0n) is 4.40. The van der Waals surface area contributed by atoms with Gasteiger partial charge in [0.2, 0.25) is 0 Å². The van der Waals surface area contributed by atoms with Crippen LogP contribution in [0.15, 0.2) is 0 Å². The van der Waals surface area contributed by atoms with Gasteiger partial charge in [-0.25, -0.2) is 4.79 Å². The molecular formula is C3H2Cl3NO3. The van der Waals surface area contributed by atoms with Crippen molar-refractivity contribution < 1.29 is 14.7 Å². The molecule has 0 saturated heterocycles. The standard InChI is InChI=1S/C3H2Cl3NO3/c4-3(5,6)7-1(8)2(9)10/h(H,7,8)(H,9,10). The van der Waals surface area contributed by atoms with Gasteiger partial charge in [-0.1, -0.05) is 34.8 Å². The highest BCUT2D eigenvalue weighted by Gasteiger charge is 2.25. The Morgan fingerprint density at radius 3 is 1.80 bits per heavy atom. The van der Waals surface area contributed by atoms with E-state index in [1.807, 2.05) is 0 Å². The van der Waals surface area contributed by atoms with Gasteiger partial charge in [0.15, 0.2) is 0 Å². The van der Waals surface area contributed by atoms with E-state index in [1.165, 1.54) is 0 Å². The third kappa shape index (κ3) is 4.67. The van der Waals surface area contributed by atoms with Gasteiger partial charge in [-0.05, 0) is 0 Å². The molecule has 0 aliphatic heterocycles. The number of rotatable bonds is 0. The number of carboxylic acid groups (broad SMARTS) is 1. The predicted molar refractivity (Wildman–Crippen MR) is 36.1 cm³/mol. The molecule has 7 heteroatoms. The average Bonchev–Trinajstić information content (AvgIpc) is 1.60. The summed E-state index contributed by atoms with van der Waals surface area (Å²) in [5.74, 6) is -3.06.